The number of aromatic nitrogens is 2. The highest BCUT2D eigenvalue weighted by atomic mass is 32.1. The van der Waals surface area contributed by atoms with E-state index in [0.29, 0.717) is 6.04 Å². The van der Waals surface area contributed by atoms with E-state index in [1.165, 1.54) is 48.1 Å². The fourth-order valence-electron chi connectivity index (χ4n) is 2.96. The third kappa shape index (κ3) is 3.16. The molecule has 0 bridgehead atoms. The molecule has 0 aromatic carbocycles. The van der Waals surface area contributed by atoms with Crippen molar-refractivity contribution < 1.29 is 0 Å². The van der Waals surface area contributed by atoms with Gasteiger partial charge in [0.2, 0.25) is 0 Å². The van der Waals surface area contributed by atoms with Crippen LogP contribution in [0.4, 0.5) is 0 Å². The van der Waals surface area contributed by atoms with Crippen molar-refractivity contribution in [3.8, 4) is 11.4 Å². The molecule has 2 heterocycles. The number of nitrogens with one attached hydrogen (secondary N) is 1. The van der Waals surface area contributed by atoms with Crippen molar-refractivity contribution in [2.45, 2.75) is 52.0 Å². The molecule has 0 fully saturated rings. The third-order valence-corrected chi connectivity index (χ3v) is 5.03. The molecule has 0 saturated heterocycles. The number of hydrogen-bond donors (Lipinski definition) is 1. The number of fused-ring (bicyclic) bond motifs is 1. The zero-order chi connectivity index (χ0) is 14.7. The lowest BCUT2D eigenvalue weighted by Gasteiger charge is -2.18. The Balaban J connectivity index is 1.93. The van der Waals surface area contributed by atoms with E-state index in [4.69, 9.17) is 4.98 Å². The first-order chi connectivity index (χ1) is 10.3. The standard InChI is InChI=1S/C17H23N3S/c1-3-8-18-15-6-4-5-7-16-13(15)9-19-17(20-16)14-11-21-10-12(14)2/h9-11,15,18H,3-8H2,1-2H3. The zero-order valence-corrected chi connectivity index (χ0v) is 13.7. The van der Waals surface area contributed by atoms with Gasteiger partial charge in [-0.05, 0) is 50.1 Å². The Labute approximate surface area is 130 Å². The maximum Gasteiger partial charge on any atom is 0.160 e. The van der Waals surface area contributed by atoms with Gasteiger partial charge in [-0.1, -0.05) is 13.3 Å². The maximum atomic E-state index is 4.89. The summed E-state index contributed by atoms with van der Waals surface area (Å²) >= 11 is 1.72. The largest absolute Gasteiger partial charge is 0.310 e. The molecule has 0 saturated carbocycles. The number of hydrogen-bond acceptors (Lipinski definition) is 4. The minimum atomic E-state index is 0.431. The van der Waals surface area contributed by atoms with Gasteiger partial charge in [0.15, 0.2) is 5.82 Å². The van der Waals surface area contributed by atoms with Gasteiger partial charge < -0.3 is 5.32 Å². The second kappa shape index (κ2) is 6.67. The van der Waals surface area contributed by atoms with Gasteiger partial charge in [-0.2, -0.15) is 11.3 Å². The summed E-state index contributed by atoms with van der Waals surface area (Å²) in [6.45, 7) is 5.41. The van der Waals surface area contributed by atoms with Gasteiger partial charge in [-0.25, -0.2) is 9.97 Å². The van der Waals surface area contributed by atoms with Crippen molar-refractivity contribution in [2.24, 2.45) is 0 Å². The third-order valence-electron chi connectivity index (χ3n) is 4.17. The minimum absolute atomic E-state index is 0.431. The summed E-state index contributed by atoms with van der Waals surface area (Å²) in [5.41, 5.74) is 5.02. The normalized spacial score (nSPS) is 18.3. The molecule has 2 aromatic rings. The van der Waals surface area contributed by atoms with Crippen LogP contribution in [0.1, 0.15) is 55.5 Å². The summed E-state index contributed by atoms with van der Waals surface area (Å²) in [5, 5.41) is 7.97. The molecule has 3 nitrogen and oxygen atoms in total. The summed E-state index contributed by atoms with van der Waals surface area (Å²) in [6, 6.07) is 0.431. The van der Waals surface area contributed by atoms with Gasteiger partial charge in [-0.15, -0.1) is 0 Å². The van der Waals surface area contributed by atoms with Crippen LogP contribution < -0.4 is 5.32 Å². The highest BCUT2D eigenvalue weighted by molar-refractivity contribution is 7.08. The van der Waals surface area contributed by atoms with E-state index >= 15 is 0 Å². The van der Waals surface area contributed by atoms with Crippen LogP contribution in [-0.4, -0.2) is 16.5 Å². The van der Waals surface area contributed by atoms with E-state index in [9.17, 15) is 0 Å². The molecule has 1 aliphatic carbocycles. The SMILES string of the molecule is CCCNC1CCCCc2nc(-c3cscc3C)ncc21. The number of thiophene rings is 1. The molecule has 0 amide bonds. The van der Waals surface area contributed by atoms with Crippen LogP contribution in [0, 0.1) is 6.92 Å². The van der Waals surface area contributed by atoms with Crippen LogP contribution in [0.25, 0.3) is 11.4 Å². The van der Waals surface area contributed by atoms with E-state index in [2.05, 4.69) is 41.1 Å². The van der Waals surface area contributed by atoms with Crippen molar-refractivity contribution in [2.75, 3.05) is 6.54 Å². The predicted molar refractivity (Wildman–Crippen MR) is 88.7 cm³/mol. The Morgan fingerprint density at radius 3 is 3.00 bits per heavy atom. The van der Waals surface area contributed by atoms with Crippen LogP contribution in [0.3, 0.4) is 0 Å². The van der Waals surface area contributed by atoms with Crippen molar-refractivity contribution in [3.63, 3.8) is 0 Å². The molecule has 3 rings (SSSR count). The summed E-state index contributed by atoms with van der Waals surface area (Å²) < 4.78 is 0. The van der Waals surface area contributed by atoms with Crippen molar-refractivity contribution in [3.05, 3.63) is 33.8 Å². The smallest absolute Gasteiger partial charge is 0.160 e. The predicted octanol–water partition coefficient (Wildman–Crippen LogP) is 4.28. The average Bonchev–Trinajstić information content (AvgIpc) is 2.82. The summed E-state index contributed by atoms with van der Waals surface area (Å²) in [6.07, 6.45) is 8.01. The topological polar surface area (TPSA) is 37.8 Å². The highest BCUT2D eigenvalue weighted by Crippen LogP contribution is 2.30. The van der Waals surface area contributed by atoms with E-state index in [0.717, 1.165) is 18.8 Å². The fraction of sp³-hybridized carbons (Fsp3) is 0.529. The lowest BCUT2D eigenvalue weighted by Crippen LogP contribution is -2.23. The van der Waals surface area contributed by atoms with Crippen LogP contribution in [0.15, 0.2) is 17.0 Å². The van der Waals surface area contributed by atoms with Crippen LogP contribution in [0.2, 0.25) is 0 Å². The average molecular weight is 301 g/mol. The van der Waals surface area contributed by atoms with Crippen molar-refractivity contribution in [1.29, 1.82) is 0 Å². The molecule has 1 unspecified atom stereocenters. The molecule has 1 N–H and O–H groups in total. The molecular weight excluding hydrogens is 278 g/mol. The second-order valence-electron chi connectivity index (χ2n) is 5.82. The van der Waals surface area contributed by atoms with E-state index < -0.39 is 0 Å². The van der Waals surface area contributed by atoms with Gasteiger partial charge in [0.05, 0.1) is 0 Å². The Hall–Kier alpha value is -1.26. The second-order valence-corrected chi connectivity index (χ2v) is 6.56. The highest BCUT2D eigenvalue weighted by Gasteiger charge is 2.20. The maximum absolute atomic E-state index is 4.89. The lowest BCUT2D eigenvalue weighted by atomic mass is 10.0. The molecule has 1 atom stereocenters. The number of rotatable bonds is 4. The van der Waals surface area contributed by atoms with Gasteiger partial charge in [-0.3, -0.25) is 0 Å². The Morgan fingerprint density at radius 1 is 1.33 bits per heavy atom. The Kier molecular flexibility index (Phi) is 4.66. The molecule has 0 aliphatic heterocycles. The monoisotopic (exact) mass is 301 g/mol. The van der Waals surface area contributed by atoms with Crippen LogP contribution in [0.5, 0.6) is 0 Å². The van der Waals surface area contributed by atoms with Crippen molar-refractivity contribution >= 4 is 11.3 Å². The van der Waals surface area contributed by atoms with Gasteiger partial charge in [0.25, 0.3) is 0 Å². The minimum Gasteiger partial charge on any atom is -0.310 e. The first-order valence-electron chi connectivity index (χ1n) is 7.92. The molecule has 2 aromatic heterocycles. The van der Waals surface area contributed by atoms with Crippen LogP contribution >= 0.6 is 11.3 Å². The summed E-state index contributed by atoms with van der Waals surface area (Å²) in [7, 11) is 0. The number of aryl methyl sites for hydroxylation is 2. The first-order valence-corrected chi connectivity index (χ1v) is 8.86. The number of nitrogens with zero attached hydrogens (tertiary/aromatic N) is 2. The summed E-state index contributed by atoms with van der Waals surface area (Å²) in [4.78, 5) is 9.54. The van der Waals surface area contributed by atoms with E-state index in [-0.39, 0.29) is 0 Å². The van der Waals surface area contributed by atoms with Crippen LogP contribution in [-0.2, 0) is 6.42 Å². The molecule has 112 valence electrons. The first kappa shape index (κ1) is 14.7. The molecule has 21 heavy (non-hydrogen) atoms. The van der Waals surface area contributed by atoms with Crippen molar-refractivity contribution in [1.82, 2.24) is 15.3 Å². The van der Waals surface area contributed by atoms with Gasteiger partial charge in [0, 0.05) is 34.4 Å². The molecular formula is C17H23N3S. The quantitative estimate of drug-likeness (QED) is 0.857. The lowest BCUT2D eigenvalue weighted by molar-refractivity contribution is 0.488. The zero-order valence-electron chi connectivity index (χ0n) is 12.9. The Bertz CT molecular complexity index is 606. The van der Waals surface area contributed by atoms with E-state index in [1.807, 2.05) is 0 Å². The molecule has 0 radical (unpaired) electrons. The fourth-order valence-corrected chi connectivity index (χ4v) is 3.79. The molecule has 0 spiro atoms. The molecule has 1 aliphatic rings. The van der Waals surface area contributed by atoms with Gasteiger partial charge in [0.1, 0.15) is 0 Å². The Morgan fingerprint density at radius 2 is 2.24 bits per heavy atom. The van der Waals surface area contributed by atoms with E-state index in [1.54, 1.807) is 11.3 Å². The van der Waals surface area contributed by atoms with Gasteiger partial charge >= 0.3 is 0 Å². The summed E-state index contributed by atoms with van der Waals surface area (Å²) in [5.74, 6) is 0.892. The molecule has 4 heteroatoms.